The van der Waals surface area contributed by atoms with Crippen LogP contribution in [-0.2, 0) is 0 Å². The Bertz CT molecular complexity index is 264. The fourth-order valence-corrected chi connectivity index (χ4v) is 1.24. The molecule has 13 heavy (non-hydrogen) atoms. The van der Waals surface area contributed by atoms with Crippen molar-refractivity contribution in [2.24, 2.45) is 0 Å². The molecule has 0 bridgehead atoms. The zero-order chi connectivity index (χ0) is 8.43. The molecule has 0 unspecified atom stereocenters. The van der Waals surface area contributed by atoms with Gasteiger partial charge in [-0.3, -0.25) is 0 Å². The fourth-order valence-electron chi connectivity index (χ4n) is 0.886. The predicted molar refractivity (Wildman–Crippen MR) is 64.7 cm³/mol. The molecule has 2 N–H and O–H groups in total. The summed E-state index contributed by atoms with van der Waals surface area (Å²) < 4.78 is 0. The third-order valence-electron chi connectivity index (χ3n) is 1.45. The highest BCUT2D eigenvalue weighted by Crippen LogP contribution is 2.25. The Morgan fingerprint density at radius 3 is 2.15 bits per heavy atom. The van der Waals surface area contributed by atoms with Crippen molar-refractivity contribution in [3.05, 3.63) is 23.2 Å². The number of nitrogens with zero attached hydrogens (tertiary/aromatic N) is 1. The second-order valence-corrected chi connectivity index (χ2v) is 3.01. The van der Waals surface area contributed by atoms with Crippen LogP contribution in [0.3, 0.4) is 0 Å². The highest BCUT2D eigenvalue weighted by atomic mass is 35.5. The van der Waals surface area contributed by atoms with E-state index in [0.29, 0.717) is 10.7 Å². The lowest BCUT2D eigenvalue weighted by atomic mass is 10.3. The van der Waals surface area contributed by atoms with Crippen LogP contribution in [0.2, 0.25) is 5.02 Å². The topological polar surface area (TPSA) is 29.3 Å². The van der Waals surface area contributed by atoms with Gasteiger partial charge in [-0.15, -0.1) is 24.8 Å². The van der Waals surface area contributed by atoms with Gasteiger partial charge in [0, 0.05) is 19.8 Å². The molecule has 0 atom stereocenters. The third-order valence-corrected chi connectivity index (χ3v) is 1.76. The minimum Gasteiger partial charge on any atom is -0.399 e. The molecule has 76 valence electrons. The number of anilines is 2. The summed E-state index contributed by atoms with van der Waals surface area (Å²) in [7, 11) is 3.88. The highest BCUT2D eigenvalue weighted by Gasteiger charge is 2.00. The molecule has 0 aliphatic carbocycles. The summed E-state index contributed by atoms with van der Waals surface area (Å²) in [4.78, 5) is 1.95. The van der Waals surface area contributed by atoms with Crippen LogP contribution in [0.25, 0.3) is 0 Å². The molecule has 1 aromatic rings. The van der Waals surface area contributed by atoms with E-state index < -0.39 is 0 Å². The van der Waals surface area contributed by atoms with E-state index >= 15 is 0 Å². The lowest BCUT2D eigenvalue weighted by molar-refractivity contribution is 1.13. The maximum atomic E-state index is 5.90. The zero-order valence-electron chi connectivity index (χ0n) is 7.45. The first-order valence-corrected chi connectivity index (χ1v) is 3.71. The van der Waals surface area contributed by atoms with Crippen LogP contribution in [-0.4, -0.2) is 14.1 Å². The van der Waals surface area contributed by atoms with Gasteiger partial charge in [-0.1, -0.05) is 11.6 Å². The molecule has 0 saturated carbocycles. The normalized spacial score (nSPS) is 8.23. The molecular formula is C8H13Cl3N2. The number of hydrogen-bond acceptors (Lipinski definition) is 2. The van der Waals surface area contributed by atoms with Gasteiger partial charge in [0.1, 0.15) is 0 Å². The first-order chi connectivity index (χ1) is 5.11. The van der Waals surface area contributed by atoms with Crippen LogP contribution in [0.15, 0.2) is 18.2 Å². The second kappa shape index (κ2) is 6.19. The molecule has 0 amide bonds. The molecule has 0 saturated heterocycles. The average Bonchev–Trinajstić information content (AvgIpc) is 1.85. The van der Waals surface area contributed by atoms with E-state index in [1.54, 1.807) is 6.07 Å². The Labute approximate surface area is 95.9 Å². The van der Waals surface area contributed by atoms with Crippen LogP contribution >= 0.6 is 36.4 Å². The van der Waals surface area contributed by atoms with Crippen LogP contribution in [0, 0.1) is 0 Å². The zero-order valence-corrected chi connectivity index (χ0v) is 9.84. The molecule has 5 heteroatoms. The van der Waals surface area contributed by atoms with Gasteiger partial charge in [-0.05, 0) is 18.2 Å². The Hall–Kier alpha value is -0.310. The van der Waals surface area contributed by atoms with E-state index in [2.05, 4.69) is 0 Å². The Balaban J connectivity index is 0. The van der Waals surface area contributed by atoms with Crippen molar-refractivity contribution in [1.82, 2.24) is 0 Å². The van der Waals surface area contributed by atoms with Gasteiger partial charge in [0.25, 0.3) is 0 Å². The van der Waals surface area contributed by atoms with E-state index in [1.165, 1.54) is 0 Å². The van der Waals surface area contributed by atoms with Gasteiger partial charge < -0.3 is 10.6 Å². The maximum Gasteiger partial charge on any atom is 0.0659 e. The van der Waals surface area contributed by atoms with E-state index in [1.807, 2.05) is 31.1 Å². The predicted octanol–water partition coefficient (Wildman–Crippen LogP) is 2.83. The monoisotopic (exact) mass is 242 g/mol. The van der Waals surface area contributed by atoms with Crippen molar-refractivity contribution in [2.75, 3.05) is 24.7 Å². The smallest absolute Gasteiger partial charge is 0.0659 e. The molecular weight excluding hydrogens is 230 g/mol. The molecule has 0 radical (unpaired) electrons. The maximum absolute atomic E-state index is 5.90. The quantitative estimate of drug-likeness (QED) is 0.769. The number of benzene rings is 1. The van der Waals surface area contributed by atoms with E-state index in [4.69, 9.17) is 17.3 Å². The van der Waals surface area contributed by atoms with Crippen molar-refractivity contribution in [3.63, 3.8) is 0 Å². The van der Waals surface area contributed by atoms with Gasteiger partial charge in [0.05, 0.1) is 10.7 Å². The Morgan fingerprint density at radius 2 is 1.77 bits per heavy atom. The van der Waals surface area contributed by atoms with Crippen LogP contribution < -0.4 is 10.6 Å². The standard InChI is InChI=1S/C8H11ClN2.2ClH/c1-11(2)8-4-3-6(10)5-7(8)9;;/h3-5H,10H2,1-2H3;2*1H. The Kier molecular flexibility index (Phi) is 7.23. The second-order valence-electron chi connectivity index (χ2n) is 2.61. The number of rotatable bonds is 1. The number of nitrogens with two attached hydrogens (primary N) is 1. The molecule has 0 aromatic heterocycles. The fraction of sp³-hybridized carbons (Fsp3) is 0.250. The summed E-state index contributed by atoms with van der Waals surface area (Å²) in [6, 6.07) is 5.48. The van der Waals surface area contributed by atoms with Crippen molar-refractivity contribution < 1.29 is 0 Å². The molecule has 0 aliphatic rings. The highest BCUT2D eigenvalue weighted by molar-refractivity contribution is 6.33. The van der Waals surface area contributed by atoms with Crippen molar-refractivity contribution in [2.45, 2.75) is 0 Å². The SMILES string of the molecule is CN(C)c1ccc(N)cc1Cl.Cl.Cl. The molecule has 0 fully saturated rings. The minimum atomic E-state index is 0. The largest absolute Gasteiger partial charge is 0.399 e. The number of nitrogen functional groups attached to an aromatic ring is 1. The minimum absolute atomic E-state index is 0. The van der Waals surface area contributed by atoms with Crippen molar-refractivity contribution in [1.29, 1.82) is 0 Å². The lowest BCUT2D eigenvalue weighted by Crippen LogP contribution is -2.09. The first-order valence-electron chi connectivity index (χ1n) is 3.33. The van der Waals surface area contributed by atoms with Crippen molar-refractivity contribution in [3.8, 4) is 0 Å². The number of hydrogen-bond donors (Lipinski definition) is 1. The summed E-state index contributed by atoms with van der Waals surface area (Å²) in [5.74, 6) is 0. The first kappa shape index (κ1) is 15.2. The van der Waals surface area contributed by atoms with E-state index in [0.717, 1.165) is 5.69 Å². The van der Waals surface area contributed by atoms with Crippen LogP contribution in [0.1, 0.15) is 0 Å². The van der Waals surface area contributed by atoms with Gasteiger partial charge >= 0.3 is 0 Å². The average molecular weight is 244 g/mol. The summed E-state index contributed by atoms with van der Waals surface area (Å²) in [6.07, 6.45) is 0. The summed E-state index contributed by atoms with van der Waals surface area (Å²) >= 11 is 5.90. The van der Waals surface area contributed by atoms with E-state index in [-0.39, 0.29) is 24.8 Å². The third kappa shape index (κ3) is 3.94. The molecule has 1 rings (SSSR count). The van der Waals surface area contributed by atoms with Crippen molar-refractivity contribution >= 4 is 47.8 Å². The van der Waals surface area contributed by atoms with Crippen LogP contribution in [0.4, 0.5) is 11.4 Å². The molecule has 0 heterocycles. The Morgan fingerprint density at radius 1 is 1.23 bits per heavy atom. The van der Waals surface area contributed by atoms with Gasteiger partial charge in [0.15, 0.2) is 0 Å². The lowest BCUT2D eigenvalue weighted by Gasteiger charge is -2.13. The number of halogens is 3. The molecule has 0 aliphatic heterocycles. The van der Waals surface area contributed by atoms with Gasteiger partial charge in [-0.2, -0.15) is 0 Å². The van der Waals surface area contributed by atoms with E-state index in [9.17, 15) is 0 Å². The summed E-state index contributed by atoms with van der Waals surface area (Å²) in [6.45, 7) is 0. The molecule has 2 nitrogen and oxygen atoms in total. The summed E-state index contributed by atoms with van der Waals surface area (Å²) in [5, 5.41) is 0.690. The van der Waals surface area contributed by atoms with Crippen LogP contribution in [0.5, 0.6) is 0 Å². The molecule has 1 aromatic carbocycles. The summed E-state index contributed by atoms with van der Waals surface area (Å²) in [5.41, 5.74) is 7.21. The van der Waals surface area contributed by atoms with Gasteiger partial charge in [0.2, 0.25) is 0 Å². The van der Waals surface area contributed by atoms with Gasteiger partial charge in [-0.25, -0.2) is 0 Å². The molecule has 0 spiro atoms.